The van der Waals surface area contributed by atoms with Gasteiger partial charge in [0, 0.05) is 19.4 Å². The highest BCUT2D eigenvalue weighted by Crippen LogP contribution is 2.15. The molecule has 0 aromatic heterocycles. The number of carbonyl (C=O) groups is 2. The second-order valence-corrected chi connectivity index (χ2v) is 17.8. The zero-order valence-electron chi connectivity index (χ0n) is 40.5. The Kier molecular flexibility index (Phi) is 49.9. The molecule has 0 rings (SSSR count). The zero-order valence-corrected chi connectivity index (χ0v) is 40.5. The number of allylic oxidation sites excluding steroid dienone is 6. The minimum absolute atomic E-state index is 0.0843. The Bertz CT molecular complexity index is 955. The molecule has 0 aliphatic carbocycles. The van der Waals surface area contributed by atoms with Crippen molar-refractivity contribution < 1.29 is 23.8 Å². The fourth-order valence-electron chi connectivity index (χ4n) is 7.65. The van der Waals surface area contributed by atoms with Gasteiger partial charge in [0.15, 0.2) is 6.10 Å². The summed E-state index contributed by atoms with van der Waals surface area (Å²) in [5.74, 6) is -0.395. The van der Waals surface area contributed by atoms with Crippen LogP contribution in [0, 0.1) is 0 Å². The van der Waals surface area contributed by atoms with E-state index in [0.717, 1.165) is 44.9 Å². The molecular weight excluding hydrogens is 741 g/mol. The fraction of sp³-hybridized carbons (Fsp3) is 0.855. The van der Waals surface area contributed by atoms with E-state index in [9.17, 15) is 9.59 Å². The lowest BCUT2D eigenvalue weighted by atomic mass is 10.1. The van der Waals surface area contributed by atoms with Crippen molar-refractivity contribution in [2.75, 3.05) is 19.8 Å². The van der Waals surface area contributed by atoms with Crippen molar-refractivity contribution in [1.82, 2.24) is 0 Å². The predicted molar refractivity (Wildman–Crippen MR) is 261 cm³/mol. The topological polar surface area (TPSA) is 61.8 Å². The molecule has 0 aliphatic rings. The molecule has 0 heterocycles. The van der Waals surface area contributed by atoms with E-state index in [-0.39, 0.29) is 25.2 Å². The predicted octanol–water partition coefficient (Wildman–Crippen LogP) is 17.8. The van der Waals surface area contributed by atoms with Gasteiger partial charge >= 0.3 is 11.9 Å². The number of carbonyl (C=O) groups excluding carboxylic acids is 2. The SMILES string of the molecule is CCCCC/C=C\C/C=C\CCCCCCCCOCC(COC(=O)CCCCCCCCCCC/C=C\CCCCCCCC)OC(=O)CCCCCCCCCCC. The summed E-state index contributed by atoms with van der Waals surface area (Å²) in [6.07, 6.45) is 61.6. The van der Waals surface area contributed by atoms with Gasteiger partial charge in [0.25, 0.3) is 0 Å². The third-order valence-corrected chi connectivity index (χ3v) is 11.6. The largest absolute Gasteiger partial charge is 0.462 e. The first kappa shape index (κ1) is 58.1. The van der Waals surface area contributed by atoms with Crippen LogP contribution in [0.1, 0.15) is 278 Å². The molecular formula is C55H102O5. The molecule has 0 aromatic rings. The summed E-state index contributed by atoms with van der Waals surface area (Å²) >= 11 is 0. The van der Waals surface area contributed by atoms with E-state index in [2.05, 4.69) is 57.2 Å². The smallest absolute Gasteiger partial charge is 0.306 e. The van der Waals surface area contributed by atoms with Crippen LogP contribution in [0.15, 0.2) is 36.5 Å². The maximum atomic E-state index is 12.7. The number of ether oxygens (including phenoxy) is 3. The van der Waals surface area contributed by atoms with Gasteiger partial charge < -0.3 is 14.2 Å². The van der Waals surface area contributed by atoms with Crippen LogP contribution in [0.2, 0.25) is 0 Å². The average Bonchev–Trinajstić information content (AvgIpc) is 3.25. The molecule has 0 amide bonds. The molecule has 1 atom stereocenters. The number of esters is 2. The van der Waals surface area contributed by atoms with Crippen molar-refractivity contribution in [2.45, 2.75) is 284 Å². The van der Waals surface area contributed by atoms with Gasteiger partial charge in [-0.15, -0.1) is 0 Å². The van der Waals surface area contributed by atoms with E-state index >= 15 is 0 Å². The van der Waals surface area contributed by atoms with Crippen LogP contribution in [-0.2, 0) is 23.8 Å². The molecule has 0 radical (unpaired) electrons. The van der Waals surface area contributed by atoms with Crippen LogP contribution in [-0.4, -0.2) is 37.9 Å². The van der Waals surface area contributed by atoms with Crippen molar-refractivity contribution in [2.24, 2.45) is 0 Å². The summed E-state index contributed by atoms with van der Waals surface area (Å²) in [5, 5.41) is 0. The molecule has 60 heavy (non-hydrogen) atoms. The van der Waals surface area contributed by atoms with Crippen LogP contribution in [0.25, 0.3) is 0 Å². The van der Waals surface area contributed by atoms with E-state index in [1.165, 1.54) is 199 Å². The number of hydrogen-bond donors (Lipinski definition) is 0. The van der Waals surface area contributed by atoms with Gasteiger partial charge in [0.05, 0.1) is 6.61 Å². The first-order valence-corrected chi connectivity index (χ1v) is 26.5. The molecule has 0 bridgehead atoms. The maximum Gasteiger partial charge on any atom is 0.306 e. The van der Waals surface area contributed by atoms with Gasteiger partial charge in [-0.1, -0.05) is 224 Å². The van der Waals surface area contributed by atoms with Gasteiger partial charge in [-0.2, -0.15) is 0 Å². The quantitative estimate of drug-likeness (QED) is 0.0347. The molecule has 0 saturated heterocycles. The van der Waals surface area contributed by atoms with Crippen LogP contribution in [0.4, 0.5) is 0 Å². The lowest BCUT2D eigenvalue weighted by molar-refractivity contribution is -0.163. The van der Waals surface area contributed by atoms with Gasteiger partial charge in [-0.3, -0.25) is 9.59 Å². The van der Waals surface area contributed by atoms with Crippen LogP contribution < -0.4 is 0 Å². The Morgan fingerprint density at radius 3 is 1.15 bits per heavy atom. The second-order valence-electron chi connectivity index (χ2n) is 17.8. The fourth-order valence-corrected chi connectivity index (χ4v) is 7.65. The van der Waals surface area contributed by atoms with Crippen molar-refractivity contribution in [3.05, 3.63) is 36.5 Å². The molecule has 1 unspecified atom stereocenters. The highest BCUT2D eigenvalue weighted by atomic mass is 16.6. The zero-order chi connectivity index (χ0) is 43.5. The molecule has 0 aromatic carbocycles. The van der Waals surface area contributed by atoms with Crippen molar-refractivity contribution >= 4 is 11.9 Å². The Balaban J connectivity index is 4.15. The van der Waals surface area contributed by atoms with E-state index in [0.29, 0.717) is 19.4 Å². The van der Waals surface area contributed by atoms with Crippen molar-refractivity contribution in [3.63, 3.8) is 0 Å². The standard InChI is InChI=1S/C55H102O5/c1-4-7-10-13-16-19-21-23-25-27-28-29-30-32-34-37-39-42-45-48-54(56)59-52-53(60-55(57)49-46-43-40-36-18-15-12-9-6-3)51-58-50-47-44-41-38-35-33-31-26-24-22-20-17-14-11-8-5-2/h17,20,23-26,53H,4-16,18-19,21-22,27-52H2,1-3H3/b20-17-,25-23-,26-24-. The Labute approximate surface area is 374 Å². The Morgan fingerprint density at radius 1 is 0.367 bits per heavy atom. The van der Waals surface area contributed by atoms with E-state index < -0.39 is 6.10 Å². The molecule has 0 fully saturated rings. The van der Waals surface area contributed by atoms with E-state index in [1.54, 1.807) is 0 Å². The number of rotatable bonds is 49. The van der Waals surface area contributed by atoms with Crippen molar-refractivity contribution in [3.8, 4) is 0 Å². The normalized spacial score (nSPS) is 12.4. The van der Waals surface area contributed by atoms with Crippen LogP contribution >= 0.6 is 0 Å². The summed E-state index contributed by atoms with van der Waals surface area (Å²) in [7, 11) is 0. The maximum absolute atomic E-state index is 12.7. The lowest BCUT2D eigenvalue weighted by Gasteiger charge is -2.18. The van der Waals surface area contributed by atoms with Gasteiger partial charge in [0.2, 0.25) is 0 Å². The first-order chi connectivity index (χ1) is 29.6. The summed E-state index contributed by atoms with van der Waals surface area (Å²) in [6.45, 7) is 7.80. The summed E-state index contributed by atoms with van der Waals surface area (Å²) in [4.78, 5) is 25.3. The average molecular weight is 843 g/mol. The van der Waals surface area contributed by atoms with Crippen molar-refractivity contribution in [1.29, 1.82) is 0 Å². The molecule has 5 heteroatoms. The molecule has 0 spiro atoms. The van der Waals surface area contributed by atoms with Gasteiger partial charge in [0.1, 0.15) is 6.61 Å². The minimum atomic E-state index is -0.536. The molecule has 5 nitrogen and oxygen atoms in total. The third kappa shape index (κ3) is 48.8. The molecule has 352 valence electrons. The van der Waals surface area contributed by atoms with Gasteiger partial charge in [-0.25, -0.2) is 0 Å². The summed E-state index contributed by atoms with van der Waals surface area (Å²) < 4.78 is 17.4. The van der Waals surface area contributed by atoms with E-state index in [4.69, 9.17) is 14.2 Å². The van der Waals surface area contributed by atoms with Crippen LogP contribution in [0.5, 0.6) is 0 Å². The number of unbranched alkanes of at least 4 members (excludes halogenated alkanes) is 32. The Morgan fingerprint density at radius 2 is 0.700 bits per heavy atom. The Hall–Kier alpha value is -1.88. The third-order valence-electron chi connectivity index (χ3n) is 11.6. The lowest BCUT2D eigenvalue weighted by Crippen LogP contribution is -2.30. The van der Waals surface area contributed by atoms with Crippen LogP contribution in [0.3, 0.4) is 0 Å². The van der Waals surface area contributed by atoms with Gasteiger partial charge in [-0.05, 0) is 77.0 Å². The molecule has 0 aliphatic heterocycles. The highest BCUT2D eigenvalue weighted by Gasteiger charge is 2.17. The molecule has 0 saturated carbocycles. The minimum Gasteiger partial charge on any atom is -0.462 e. The summed E-state index contributed by atoms with van der Waals surface area (Å²) in [6, 6.07) is 0. The first-order valence-electron chi connectivity index (χ1n) is 26.5. The molecule has 0 N–H and O–H groups in total. The second kappa shape index (κ2) is 51.5. The monoisotopic (exact) mass is 843 g/mol. The highest BCUT2D eigenvalue weighted by molar-refractivity contribution is 5.70. The van der Waals surface area contributed by atoms with E-state index in [1.807, 2.05) is 0 Å². The number of hydrogen-bond acceptors (Lipinski definition) is 5. The summed E-state index contributed by atoms with van der Waals surface area (Å²) in [5.41, 5.74) is 0.